The summed E-state index contributed by atoms with van der Waals surface area (Å²) in [5, 5.41) is 3.83. The largest absolute Gasteiger partial charge is 0.483 e. The van der Waals surface area contributed by atoms with Gasteiger partial charge in [0.2, 0.25) is 5.91 Å². The minimum Gasteiger partial charge on any atom is -0.483 e. The lowest BCUT2D eigenvalue weighted by Gasteiger charge is -2.33. The molecule has 1 unspecified atom stereocenters. The van der Waals surface area contributed by atoms with Crippen LogP contribution in [0, 0.1) is 20.8 Å². The number of aryl methyl sites for hydroxylation is 2. The van der Waals surface area contributed by atoms with Crippen LogP contribution in [0.15, 0.2) is 66.7 Å². The predicted molar refractivity (Wildman–Crippen MR) is 157 cm³/mol. The summed E-state index contributed by atoms with van der Waals surface area (Å²) < 4.78 is 6.08. The zero-order valence-corrected chi connectivity index (χ0v) is 24.0. The third-order valence-electron chi connectivity index (χ3n) is 7.64. The Morgan fingerprint density at radius 2 is 1.67 bits per heavy atom. The smallest absolute Gasteiger partial charge is 0.261 e. The second kappa shape index (κ2) is 13.7. The second-order valence-electron chi connectivity index (χ2n) is 10.7. The van der Waals surface area contributed by atoms with Crippen molar-refractivity contribution in [2.24, 2.45) is 0 Å². The SMILES string of the molecule is Cc1cc(C)c(C)c(OCC(=O)N(Cc2ccccc2Cl)C(Cc2ccccc2)C(=O)NC2CCCCC2)c1. The van der Waals surface area contributed by atoms with Gasteiger partial charge >= 0.3 is 0 Å². The van der Waals surface area contributed by atoms with Crippen molar-refractivity contribution in [1.29, 1.82) is 0 Å². The molecule has 1 aliphatic carbocycles. The summed E-state index contributed by atoms with van der Waals surface area (Å²) in [6, 6.07) is 20.8. The van der Waals surface area contributed by atoms with E-state index in [0.29, 0.717) is 17.2 Å². The standard InChI is InChI=1S/C33H39ClN2O3/c1-23-18-24(2)25(3)31(19-23)39-22-32(37)36(21-27-14-10-11-17-29(27)34)30(20-26-12-6-4-7-13-26)33(38)35-28-15-8-5-9-16-28/h4,6-7,10-14,17-19,28,30H,5,8-9,15-16,20-22H2,1-3H3,(H,35,38). The van der Waals surface area contributed by atoms with Crippen molar-refractivity contribution < 1.29 is 14.3 Å². The van der Waals surface area contributed by atoms with Crippen molar-refractivity contribution in [2.45, 2.75) is 77.9 Å². The quantitative estimate of drug-likeness (QED) is 0.306. The lowest BCUT2D eigenvalue weighted by molar-refractivity contribution is -0.143. The summed E-state index contributed by atoms with van der Waals surface area (Å²) in [6.07, 6.45) is 5.76. The molecule has 6 heteroatoms. The molecule has 5 nitrogen and oxygen atoms in total. The monoisotopic (exact) mass is 546 g/mol. The summed E-state index contributed by atoms with van der Waals surface area (Å²) in [6.45, 7) is 6.08. The van der Waals surface area contributed by atoms with Gasteiger partial charge in [0.15, 0.2) is 6.61 Å². The summed E-state index contributed by atoms with van der Waals surface area (Å²) in [7, 11) is 0. The van der Waals surface area contributed by atoms with Crippen molar-refractivity contribution in [3.8, 4) is 5.75 Å². The second-order valence-corrected chi connectivity index (χ2v) is 11.1. The zero-order valence-electron chi connectivity index (χ0n) is 23.2. The Bertz CT molecular complexity index is 1270. The van der Waals surface area contributed by atoms with Crippen LogP contribution < -0.4 is 10.1 Å². The van der Waals surface area contributed by atoms with Crippen LogP contribution in [0.25, 0.3) is 0 Å². The Kier molecular flexibility index (Phi) is 10.0. The number of carbonyl (C=O) groups is 2. The first kappa shape index (κ1) is 28.7. The Balaban J connectivity index is 1.64. The number of benzene rings is 3. The number of halogens is 1. The minimum atomic E-state index is -0.706. The topological polar surface area (TPSA) is 58.6 Å². The Morgan fingerprint density at radius 3 is 2.38 bits per heavy atom. The molecule has 1 aliphatic rings. The van der Waals surface area contributed by atoms with Gasteiger partial charge in [-0.25, -0.2) is 0 Å². The molecule has 0 spiro atoms. The van der Waals surface area contributed by atoms with Crippen molar-refractivity contribution in [2.75, 3.05) is 6.61 Å². The highest BCUT2D eigenvalue weighted by Crippen LogP contribution is 2.25. The van der Waals surface area contributed by atoms with E-state index in [4.69, 9.17) is 16.3 Å². The third kappa shape index (κ3) is 7.86. The van der Waals surface area contributed by atoms with Crippen LogP contribution in [0.1, 0.15) is 59.9 Å². The number of carbonyl (C=O) groups excluding carboxylic acids is 2. The molecule has 0 aromatic heterocycles. The van der Waals surface area contributed by atoms with Gasteiger partial charge in [0.25, 0.3) is 5.91 Å². The molecule has 0 aliphatic heterocycles. The summed E-state index contributed by atoms with van der Waals surface area (Å²) in [5.41, 5.74) is 4.96. The molecule has 1 N–H and O–H groups in total. The molecule has 0 radical (unpaired) electrons. The number of nitrogens with zero attached hydrogens (tertiary/aromatic N) is 1. The number of hydrogen-bond acceptors (Lipinski definition) is 3. The van der Waals surface area contributed by atoms with Crippen LogP contribution in [-0.2, 0) is 22.6 Å². The highest BCUT2D eigenvalue weighted by Gasteiger charge is 2.32. The molecular formula is C33H39ClN2O3. The lowest BCUT2D eigenvalue weighted by Crippen LogP contribution is -2.53. The average Bonchev–Trinajstić information content (AvgIpc) is 2.93. The number of nitrogens with one attached hydrogen (secondary N) is 1. The maximum atomic E-state index is 13.9. The molecule has 206 valence electrons. The zero-order chi connectivity index (χ0) is 27.8. The maximum absolute atomic E-state index is 13.9. The van der Waals surface area contributed by atoms with Gasteiger partial charge in [0.1, 0.15) is 11.8 Å². The van der Waals surface area contributed by atoms with E-state index in [2.05, 4.69) is 11.4 Å². The summed E-state index contributed by atoms with van der Waals surface area (Å²) >= 11 is 6.53. The molecule has 4 rings (SSSR count). The molecule has 0 bridgehead atoms. The number of rotatable bonds is 10. The summed E-state index contributed by atoms with van der Waals surface area (Å²) in [5.74, 6) is 0.298. The van der Waals surface area contributed by atoms with Crippen molar-refractivity contribution in [3.05, 3.63) is 99.6 Å². The van der Waals surface area contributed by atoms with E-state index in [9.17, 15) is 9.59 Å². The Labute approximate surface area is 237 Å². The van der Waals surface area contributed by atoms with Gasteiger partial charge in [0, 0.05) is 24.0 Å². The molecule has 2 amide bonds. The van der Waals surface area contributed by atoms with Crippen molar-refractivity contribution in [3.63, 3.8) is 0 Å². The van der Waals surface area contributed by atoms with E-state index in [1.165, 1.54) is 6.42 Å². The fourth-order valence-corrected chi connectivity index (χ4v) is 5.48. The fraction of sp³-hybridized carbons (Fsp3) is 0.394. The molecule has 0 saturated heterocycles. The third-order valence-corrected chi connectivity index (χ3v) is 8.01. The van der Waals surface area contributed by atoms with Gasteiger partial charge in [-0.1, -0.05) is 85.5 Å². The van der Waals surface area contributed by atoms with Gasteiger partial charge < -0.3 is 15.0 Å². The van der Waals surface area contributed by atoms with E-state index in [-0.39, 0.29) is 31.0 Å². The normalized spacial score (nSPS) is 14.5. The number of ether oxygens (including phenoxy) is 1. The highest BCUT2D eigenvalue weighted by molar-refractivity contribution is 6.31. The molecule has 1 fully saturated rings. The average molecular weight is 547 g/mol. The van der Waals surface area contributed by atoms with Gasteiger partial charge in [-0.3, -0.25) is 9.59 Å². The minimum absolute atomic E-state index is 0.131. The van der Waals surface area contributed by atoms with Crippen LogP contribution in [0.4, 0.5) is 0 Å². The predicted octanol–water partition coefficient (Wildman–Crippen LogP) is 6.73. The van der Waals surface area contributed by atoms with Gasteiger partial charge in [-0.15, -0.1) is 0 Å². The van der Waals surface area contributed by atoms with Crippen molar-refractivity contribution >= 4 is 23.4 Å². The first-order valence-electron chi connectivity index (χ1n) is 13.9. The van der Waals surface area contributed by atoms with Crippen LogP contribution in [0.5, 0.6) is 5.75 Å². The van der Waals surface area contributed by atoms with Crippen LogP contribution in [0.3, 0.4) is 0 Å². The van der Waals surface area contributed by atoms with Crippen LogP contribution in [0.2, 0.25) is 5.02 Å². The molecule has 1 saturated carbocycles. The van der Waals surface area contributed by atoms with E-state index >= 15 is 0 Å². The number of amides is 2. The van der Waals surface area contributed by atoms with Gasteiger partial charge in [-0.05, 0) is 73.6 Å². The first-order chi connectivity index (χ1) is 18.8. The van der Waals surface area contributed by atoms with Crippen LogP contribution in [-0.4, -0.2) is 35.4 Å². The van der Waals surface area contributed by atoms with Crippen molar-refractivity contribution in [1.82, 2.24) is 10.2 Å². The van der Waals surface area contributed by atoms with Gasteiger partial charge in [-0.2, -0.15) is 0 Å². The van der Waals surface area contributed by atoms with Gasteiger partial charge in [0.05, 0.1) is 0 Å². The Hall–Kier alpha value is -3.31. The molecule has 3 aromatic rings. The first-order valence-corrected chi connectivity index (χ1v) is 14.3. The summed E-state index contributed by atoms with van der Waals surface area (Å²) in [4.78, 5) is 29.4. The number of hydrogen-bond donors (Lipinski definition) is 1. The molecule has 39 heavy (non-hydrogen) atoms. The highest BCUT2D eigenvalue weighted by atomic mass is 35.5. The van der Waals surface area contributed by atoms with E-state index < -0.39 is 6.04 Å². The Morgan fingerprint density at radius 1 is 0.974 bits per heavy atom. The lowest BCUT2D eigenvalue weighted by atomic mass is 9.94. The van der Waals surface area contributed by atoms with E-state index in [0.717, 1.165) is 53.5 Å². The molecular weight excluding hydrogens is 508 g/mol. The maximum Gasteiger partial charge on any atom is 0.261 e. The molecule has 0 heterocycles. The fourth-order valence-electron chi connectivity index (χ4n) is 5.28. The van der Waals surface area contributed by atoms with Crippen LogP contribution >= 0.6 is 11.6 Å². The molecule has 1 atom stereocenters. The van der Waals surface area contributed by atoms with E-state index in [1.54, 1.807) is 4.90 Å². The van der Waals surface area contributed by atoms with E-state index in [1.807, 2.05) is 81.4 Å². The molecule has 3 aromatic carbocycles.